The Balaban J connectivity index is 3.07. The van der Waals surface area contributed by atoms with Crippen LogP contribution in [-0.4, -0.2) is 56.0 Å². The lowest BCUT2D eigenvalue weighted by molar-refractivity contribution is 0.00691. The van der Waals surface area contributed by atoms with E-state index in [-0.39, 0.29) is 13.2 Å². The minimum atomic E-state index is -3.56. The molecule has 0 heterocycles. The Morgan fingerprint density at radius 1 is 1.03 bits per heavy atom. The molecule has 0 aliphatic heterocycles. The summed E-state index contributed by atoms with van der Waals surface area (Å²) in [6.07, 6.45) is 0.730. The zero-order valence-electron chi connectivity index (χ0n) is 19.7. The van der Waals surface area contributed by atoms with E-state index in [4.69, 9.17) is 13.7 Å². The average molecular weight is 458 g/mol. The summed E-state index contributed by atoms with van der Waals surface area (Å²) in [5.74, 6) is -0.452. The first-order valence-electron chi connectivity index (χ1n) is 10.2. The van der Waals surface area contributed by atoms with Crippen LogP contribution >= 0.6 is 0 Å². The molecule has 176 valence electrons. The summed E-state index contributed by atoms with van der Waals surface area (Å²) in [4.78, 5) is 26.7. The van der Waals surface area contributed by atoms with E-state index < -0.39 is 39.4 Å². The molecule has 0 aliphatic carbocycles. The summed E-state index contributed by atoms with van der Waals surface area (Å²) < 4.78 is 38.1. The van der Waals surface area contributed by atoms with Crippen molar-refractivity contribution in [1.82, 2.24) is 4.90 Å². The van der Waals surface area contributed by atoms with Crippen LogP contribution in [0.5, 0.6) is 0 Å². The van der Waals surface area contributed by atoms with Crippen LogP contribution in [0.1, 0.15) is 76.9 Å². The Morgan fingerprint density at radius 2 is 1.61 bits per heavy atom. The number of benzene rings is 1. The van der Waals surface area contributed by atoms with Gasteiger partial charge in [0.1, 0.15) is 11.2 Å². The molecule has 0 bridgehead atoms. The maximum atomic E-state index is 12.8. The zero-order valence-corrected chi connectivity index (χ0v) is 20.5. The Bertz CT molecular complexity index is 867. The Morgan fingerprint density at radius 3 is 2.13 bits per heavy atom. The van der Waals surface area contributed by atoms with E-state index in [9.17, 15) is 18.0 Å². The predicted molar refractivity (Wildman–Crippen MR) is 118 cm³/mol. The van der Waals surface area contributed by atoms with Gasteiger partial charge in [0.15, 0.2) is 0 Å². The van der Waals surface area contributed by atoms with Crippen LogP contribution in [0.25, 0.3) is 0 Å². The summed E-state index contributed by atoms with van der Waals surface area (Å²) in [7, 11) is -3.56. The number of carbonyl (C=O) groups is 2. The minimum absolute atomic E-state index is 0.0528. The fourth-order valence-electron chi connectivity index (χ4n) is 2.65. The Kier molecular flexibility index (Phi) is 9.07. The molecule has 0 saturated heterocycles. The third-order valence-corrected chi connectivity index (χ3v) is 4.53. The topological polar surface area (TPSA) is 99.2 Å². The second-order valence-electron chi connectivity index (χ2n) is 9.36. The monoisotopic (exact) mass is 457 g/mol. The molecule has 0 N–H and O–H groups in total. The molecule has 0 spiro atoms. The van der Waals surface area contributed by atoms with Crippen molar-refractivity contribution < 1.29 is 31.7 Å². The number of hydrogen-bond donors (Lipinski definition) is 0. The number of carbonyl (C=O) groups excluding carboxylic acids is 2. The normalized spacial score (nSPS) is 13.4. The summed E-state index contributed by atoms with van der Waals surface area (Å²) in [6.45, 7) is 12.7. The van der Waals surface area contributed by atoms with Crippen molar-refractivity contribution in [2.75, 3.05) is 19.4 Å². The summed E-state index contributed by atoms with van der Waals surface area (Å²) >= 11 is 0. The molecule has 1 aromatic rings. The predicted octanol–water partition coefficient (Wildman–Crippen LogP) is 4.31. The second-order valence-corrected chi connectivity index (χ2v) is 11.0. The quantitative estimate of drug-likeness (QED) is 0.326. The van der Waals surface area contributed by atoms with Gasteiger partial charge >= 0.3 is 12.1 Å². The lowest BCUT2D eigenvalue weighted by Crippen LogP contribution is -2.39. The van der Waals surface area contributed by atoms with Crippen LogP contribution < -0.4 is 0 Å². The highest BCUT2D eigenvalue weighted by molar-refractivity contribution is 7.85. The number of ether oxygens (including phenoxy) is 2. The molecule has 0 saturated carbocycles. The molecule has 31 heavy (non-hydrogen) atoms. The van der Waals surface area contributed by atoms with Crippen LogP contribution in [0.2, 0.25) is 0 Å². The smallest absolute Gasteiger partial charge is 0.410 e. The molecule has 1 aromatic carbocycles. The minimum Gasteiger partial charge on any atom is -0.456 e. The van der Waals surface area contributed by atoms with Gasteiger partial charge in [0.25, 0.3) is 10.1 Å². The second kappa shape index (κ2) is 10.5. The van der Waals surface area contributed by atoms with Gasteiger partial charge in [0.05, 0.1) is 24.5 Å². The van der Waals surface area contributed by atoms with Crippen molar-refractivity contribution in [2.45, 2.75) is 72.1 Å². The van der Waals surface area contributed by atoms with Crippen molar-refractivity contribution in [1.29, 1.82) is 0 Å². The summed E-state index contributed by atoms with van der Waals surface area (Å²) in [5.41, 5.74) is -0.223. The molecule has 1 unspecified atom stereocenters. The highest BCUT2D eigenvalue weighted by atomic mass is 32.2. The summed E-state index contributed by atoms with van der Waals surface area (Å²) in [6, 6.07) is 6.44. The first-order chi connectivity index (χ1) is 14.0. The third-order valence-electron chi connectivity index (χ3n) is 3.94. The average Bonchev–Trinajstić information content (AvgIpc) is 2.57. The zero-order chi connectivity index (χ0) is 24.0. The van der Waals surface area contributed by atoms with Gasteiger partial charge in [-0.1, -0.05) is 12.1 Å². The van der Waals surface area contributed by atoms with E-state index in [1.165, 1.54) is 4.90 Å². The van der Waals surface area contributed by atoms with Crippen molar-refractivity contribution in [3.8, 4) is 0 Å². The van der Waals surface area contributed by atoms with Gasteiger partial charge in [-0.3, -0.25) is 4.18 Å². The van der Waals surface area contributed by atoms with Gasteiger partial charge in [-0.15, -0.1) is 0 Å². The number of rotatable bonds is 8. The largest absolute Gasteiger partial charge is 0.456 e. The van der Waals surface area contributed by atoms with Crippen LogP contribution in [0.15, 0.2) is 24.3 Å². The molecule has 0 aliphatic rings. The lowest BCUT2D eigenvalue weighted by atomic mass is 10.0. The maximum absolute atomic E-state index is 12.8. The van der Waals surface area contributed by atoms with E-state index >= 15 is 0 Å². The van der Waals surface area contributed by atoms with Gasteiger partial charge in [-0.25, -0.2) is 9.59 Å². The molecule has 0 radical (unpaired) electrons. The van der Waals surface area contributed by atoms with Gasteiger partial charge in [0, 0.05) is 6.54 Å². The van der Waals surface area contributed by atoms with Gasteiger partial charge in [-0.05, 0) is 72.6 Å². The molecule has 1 amide bonds. The first-order valence-corrected chi connectivity index (χ1v) is 12.0. The van der Waals surface area contributed by atoms with Crippen molar-refractivity contribution in [3.63, 3.8) is 0 Å². The molecular weight excluding hydrogens is 422 g/mol. The number of amides is 1. The molecule has 1 rings (SSSR count). The molecular formula is C22H35NO7S. The van der Waals surface area contributed by atoms with Gasteiger partial charge in [0.2, 0.25) is 0 Å². The Hall–Kier alpha value is -2.13. The van der Waals surface area contributed by atoms with E-state index in [2.05, 4.69) is 0 Å². The highest BCUT2D eigenvalue weighted by Gasteiger charge is 2.27. The third kappa shape index (κ3) is 10.6. The summed E-state index contributed by atoms with van der Waals surface area (Å²) in [5, 5.41) is 0. The van der Waals surface area contributed by atoms with Crippen LogP contribution in [-0.2, 0) is 23.8 Å². The van der Waals surface area contributed by atoms with Gasteiger partial charge in [-0.2, -0.15) is 8.42 Å². The number of hydrogen-bond acceptors (Lipinski definition) is 7. The van der Waals surface area contributed by atoms with Crippen molar-refractivity contribution >= 4 is 22.2 Å². The van der Waals surface area contributed by atoms with Gasteiger partial charge < -0.3 is 14.4 Å². The number of nitrogens with zero attached hydrogens (tertiary/aromatic N) is 1. The molecule has 0 fully saturated rings. The van der Waals surface area contributed by atoms with Crippen LogP contribution in [0.3, 0.4) is 0 Å². The maximum Gasteiger partial charge on any atom is 0.410 e. The van der Waals surface area contributed by atoms with Crippen molar-refractivity contribution in [3.05, 3.63) is 35.4 Å². The molecule has 8 nitrogen and oxygen atoms in total. The van der Waals surface area contributed by atoms with E-state index in [1.807, 2.05) is 13.0 Å². The molecule has 0 aromatic heterocycles. The van der Waals surface area contributed by atoms with E-state index in [0.717, 1.165) is 11.8 Å². The Labute approximate surface area is 186 Å². The lowest BCUT2D eigenvalue weighted by Gasteiger charge is -2.32. The fraction of sp³-hybridized carbons (Fsp3) is 0.636. The first kappa shape index (κ1) is 26.9. The van der Waals surface area contributed by atoms with Crippen LogP contribution in [0, 0.1) is 0 Å². The van der Waals surface area contributed by atoms with E-state index in [0.29, 0.717) is 12.0 Å². The van der Waals surface area contributed by atoms with Crippen molar-refractivity contribution in [2.24, 2.45) is 0 Å². The van der Waals surface area contributed by atoms with Crippen LogP contribution in [0.4, 0.5) is 4.79 Å². The highest BCUT2D eigenvalue weighted by Crippen LogP contribution is 2.25. The van der Waals surface area contributed by atoms with E-state index in [1.54, 1.807) is 59.7 Å². The SMILES string of the molecule is CC(c1cccc(C(=O)OC(C)(C)C)c1)N(CCCOS(C)(=O)=O)C(=O)OC(C)(C)C. The number of esters is 1. The fourth-order valence-corrected chi connectivity index (χ4v) is 3.07. The molecule has 9 heteroatoms. The standard InChI is InChI=1S/C22H35NO7S/c1-16(17-11-9-12-18(15-17)19(24)29-21(2,3)4)23(20(25)30-22(5,6)7)13-10-14-28-31(8,26)27/h9,11-12,15-16H,10,13-14H2,1-8H3. The molecule has 1 atom stereocenters.